The van der Waals surface area contributed by atoms with Gasteiger partial charge in [0.1, 0.15) is 5.75 Å². The number of hydrogen-bond donors (Lipinski definition) is 2. The molecule has 0 atom stereocenters. The molecule has 1 aliphatic rings. The molecule has 108 valence electrons. The lowest BCUT2D eigenvalue weighted by atomic mass is 10.2. The first-order valence-electron chi connectivity index (χ1n) is 6.58. The summed E-state index contributed by atoms with van der Waals surface area (Å²) in [6.07, 6.45) is 2.11. The lowest BCUT2D eigenvalue weighted by Crippen LogP contribution is -2.36. The summed E-state index contributed by atoms with van der Waals surface area (Å²) in [5.41, 5.74) is 5.76. The highest BCUT2D eigenvalue weighted by molar-refractivity contribution is 5.93. The third-order valence-corrected chi connectivity index (χ3v) is 3.26. The van der Waals surface area contributed by atoms with Crippen LogP contribution in [0.25, 0.3) is 0 Å². The van der Waals surface area contributed by atoms with E-state index in [1.807, 2.05) is 6.92 Å². The van der Waals surface area contributed by atoms with E-state index in [2.05, 4.69) is 0 Å². The first-order valence-corrected chi connectivity index (χ1v) is 6.58. The molecule has 20 heavy (non-hydrogen) atoms. The van der Waals surface area contributed by atoms with Crippen LogP contribution in [0.15, 0.2) is 18.2 Å². The molecule has 1 aliphatic carbocycles. The number of amides is 1. The number of aromatic carboxylic acids is 1. The highest BCUT2D eigenvalue weighted by atomic mass is 16.5. The summed E-state index contributed by atoms with van der Waals surface area (Å²) >= 11 is 0. The molecule has 0 aromatic heterocycles. The van der Waals surface area contributed by atoms with E-state index in [0.717, 1.165) is 12.8 Å². The van der Waals surface area contributed by atoms with Gasteiger partial charge in [-0.15, -0.1) is 0 Å². The van der Waals surface area contributed by atoms with Crippen molar-refractivity contribution in [1.29, 1.82) is 0 Å². The van der Waals surface area contributed by atoms with Crippen molar-refractivity contribution in [2.75, 3.05) is 18.9 Å². The molecule has 0 radical (unpaired) electrons. The number of nitrogens with two attached hydrogens (primary N) is 1. The molecule has 1 amide bonds. The number of anilines is 1. The summed E-state index contributed by atoms with van der Waals surface area (Å²) in [6, 6.07) is 4.65. The number of nitrogens with zero attached hydrogens (tertiary/aromatic N) is 1. The quantitative estimate of drug-likeness (QED) is 0.766. The van der Waals surface area contributed by atoms with Crippen molar-refractivity contribution < 1.29 is 19.4 Å². The summed E-state index contributed by atoms with van der Waals surface area (Å²) in [7, 11) is 0. The van der Waals surface area contributed by atoms with Crippen LogP contribution in [-0.4, -0.2) is 41.1 Å². The molecule has 0 heterocycles. The maximum Gasteiger partial charge on any atom is 0.337 e. The third kappa shape index (κ3) is 3.20. The van der Waals surface area contributed by atoms with E-state index >= 15 is 0 Å². The summed E-state index contributed by atoms with van der Waals surface area (Å²) in [5, 5.41) is 8.87. The number of hydrogen-bond acceptors (Lipinski definition) is 4. The van der Waals surface area contributed by atoms with Crippen molar-refractivity contribution in [3.8, 4) is 5.75 Å². The average Bonchev–Trinajstić information content (AvgIpc) is 3.21. The Morgan fingerprint density at radius 2 is 2.15 bits per heavy atom. The van der Waals surface area contributed by atoms with Crippen molar-refractivity contribution in [2.24, 2.45) is 0 Å². The number of likely N-dealkylation sites (N-methyl/N-ethyl adjacent to an activating group) is 1. The molecule has 6 nitrogen and oxygen atoms in total. The van der Waals surface area contributed by atoms with Gasteiger partial charge in [0.05, 0.1) is 5.56 Å². The molecule has 2 rings (SSSR count). The van der Waals surface area contributed by atoms with Crippen molar-refractivity contribution in [3.05, 3.63) is 23.8 Å². The Morgan fingerprint density at radius 3 is 2.65 bits per heavy atom. The lowest BCUT2D eigenvalue weighted by Gasteiger charge is -2.20. The second-order valence-electron chi connectivity index (χ2n) is 4.75. The summed E-state index contributed by atoms with van der Waals surface area (Å²) < 4.78 is 5.38. The van der Waals surface area contributed by atoms with E-state index in [9.17, 15) is 9.59 Å². The highest BCUT2D eigenvalue weighted by Crippen LogP contribution is 2.27. The van der Waals surface area contributed by atoms with E-state index in [0.29, 0.717) is 18.3 Å². The van der Waals surface area contributed by atoms with Crippen LogP contribution in [0.2, 0.25) is 0 Å². The maximum absolute atomic E-state index is 12.0. The SMILES string of the molecule is CCN(C(=O)COc1ccc(C(=O)O)c(N)c1)C1CC1. The van der Waals surface area contributed by atoms with Gasteiger partial charge in [0.2, 0.25) is 0 Å². The predicted octanol–water partition coefficient (Wildman–Crippen LogP) is 1.36. The Labute approximate surface area is 117 Å². The van der Waals surface area contributed by atoms with Crippen molar-refractivity contribution >= 4 is 17.6 Å². The number of carbonyl (C=O) groups excluding carboxylic acids is 1. The molecule has 1 aromatic rings. The lowest BCUT2D eigenvalue weighted by molar-refractivity contribution is -0.133. The van der Waals surface area contributed by atoms with Gasteiger partial charge < -0.3 is 20.5 Å². The second kappa shape index (κ2) is 5.81. The van der Waals surface area contributed by atoms with Crippen LogP contribution in [0.5, 0.6) is 5.75 Å². The first kappa shape index (κ1) is 14.2. The van der Waals surface area contributed by atoms with Gasteiger partial charge >= 0.3 is 5.97 Å². The Kier molecular flexibility index (Phi) is 4.12. The molecular formula is C14H18N2O4. The van der Waals surface area contributed by atoms with Gasteiger partial charge in [-0.25, -0.2) is 4.79 Å². The molecule has 0 aliphatic heterocycles. The average molecular weight is 278 g/mol. The van der Waals surface area contributed by atoms with E-state index in [1.165, 1.54) is 18.2 Å². The van der Waals surface area contributed by atoms with E-state index in [4.69, 9.17) is 15.6 Å². The Balaban J connectivity index is 1.95. The van der Waals surface area contributed by atoms with Gasteiger partial charge in [0.25, 0.3) is 5.91 Å². The van der Waals surface area contributed by atoms with Gasteiger partial charge in [0, 0.05) is 24.3 Å². The fourth-order valence-electron chi connectivity index (χ4n) is 2.08. The van der Waals surface area contributed by atoms with Crippen molar-refractivity contribution in [1.82, 2.24) is 4.90 Å². The van der Waals surface area contributed by atoms with Crippen LogP contribution < -0.4 is 10.5 Å². The Hall–Kier alpha value is -2.24. The number of carbonyl (C=O) groups is 2. The third-order valence-electron chi connectivity index (χ3n) is 3.26. The summed E-state index contributed by atoms with van der Waals surface area (Å²) in [6.45, 7) is 2.55. The summed E-state index contributed by atoms with van der Waals surface area (Å²) in [5.74, 6) is -0.750. The first-order chi connectivity index (χ1) is 9.52. The van der Waals surface area contributed by atoms with Crippen LogP contribution in [-0.2, 0) is 4.79 Å². The van der Waals surface area contributed by atoms with Gasteiger partial charge in [-0.1, -0.05) is 0 Å². The number of benzene rings is 1. The number of nitrogen functional groups attached to an aromatic ring is 1. The fraction of sp³-hybridized carbons (Fsp3) is 0.429. The maximum atomic E-state index is 12.0. The number of ether oxygens (including phenoxy) is 1. The zero-order valence-electron chi connectivity index (χ0n) is 11.3. The molecule has 0 saturated heterocycles. The molecular weight excluding hydrogens is 260 g/mol. The summed E-state index contributed by atoms with van der Waals surface area (Å²) in [4.78, 5) is 24.6. The molecule has 1 saturated carbocycles. The molecule has 1 fully saturated rings. The van der Waals surface area contributed by atoms with E-state index in [-0.39, 0.29) is 23.8 Å². The standard InChI is InChI=1S/C14H18N2O4/c1-2-16(9-3-4-9)13(17)8-20-10-5-6-11(14(18)19)12(15)7-10/h5-7,9H,2-4,8,15H2,1H3,(H,18,19). The largest absolute Gasteiger partial charge is 0.484 e. The zero-order chi connectivity index (χ0) is 14.7. The van der Waals surface area contributed by atoms with Gasteiger partial charge in [0.15, 0.2) is 6.61 Å². The van der Waals surface area contributed by atoms with Gasteiger partial charge in [-0.2, -0.15) is 0 Å². The van der Waals surface area contributed by atoms with Crippen LogP contribution >= 0.6 is 0 Å². The normalized spacial score (nSPS) is 13.8. The molecule has 6 heteroatoms. The van der Waals surface area contributed by atoms with Crippen molar-refractivity contribution in [2.45, 2.75) is 25.8 Å². The minimum atomic E-state index is -1.09. The molecule has 0 bridgehead atoms. The molecule has 1 aromatic carbocycles. The number of carboxylic acid groups (broad SMARTS) is 1. The van der Waals surface area contributed by atoms with Crippen LogP contribution in [0.4, 0.5) is 5.69 Å². The van der Waals surface area contributed by atoms with Gasteiger partial charge in [-0.05, 0) is 31.9 Å². The second-order valence-corrected chi connectivity index (χ2v) is 4.75. The van der Waals surface area contributed by atoms with Crippen LogP contribution in [0.1, 0.15) is 30.1 Å². The smallest absolute Gasteiger partial charge is 0.337 e. The molecule has 3 N–H and O–H groups in total. The highest BCUT2D eigenvalue weighted by Gasteiger charge is 2.31. The number of carboxylic acids is 1. The minimum absolute atomic E-state index is 0.0249. The van der Waals surface area contributed by atoms with Crippen molar-refractivity contribution in [3.63, 3.8) is 0 Å². The number of rotatable bonds is 6. The fourth-order valence-corrected chi connectivity index (χ4v) is 2.08. The monoisotopic (exact) mass is 278 g/mol. The Bertz CT molecular complexity index is 526. The Morgan fingerprint density at radius 1 is 1.45 bits per heavy atom. The van der Waals surface area contributed by atoms with Crippen LogP contribution in [0.3, 0.4) is 0 Å². The van der Waals surface area contributed by atoms with Crippen LogP contribution in [0, 0.1) is 0 Å². The van der Waals surface area contributed by atoms with E-state index in [1.54, 1.807) is 4.90 Å². The predicted molar refractivity (Wildman–Crippen MR) is 73.7 cm³/mol. The molecule has 0 spiro atoms. The van der Waals surface area contributed by atoms with E-state index < -0.39 is 5.97 Å². The zero-order valence-corrected chi connectivity index (χ0v) is 11.3. The molecule has 0 unspecified atom stereocenters. The minimum Gasteiger partial charge on any atom is -0.484 e. The van der Waals surface area contributed by atoms with Gasteiger partial charge in [-0.3, -0.25) is 4.79 Å². The topological polar surface area (TPSA) is 92.9 Å².